The maximum absolute atomic E-state index is 13.6. The Balaban J connectivity index is 1.96. The molecule has 3 aromatic rings. The minimum Gasteiger partial charge on any atom is -0.506 e. The molecule has 4 N–H and O–H groups in total. The molecule has 1 unspecified atom stereocenters. The number of phenols is 1. The number of nitrogens with one attached hydrogen (secondary N) is 1. The van der Waals surface area contributed by atoms with Gasteiger partial charge in [0.2, 0.25) is 5.91 Å². The fourth-order valence-electron chi connectivity index (χ4n) is 3.51. The predicted octanol–water partition coefficient (Wildman–Crippen LogP) is 6.83. The Hall–Kier alpha value is -1.72. The fourth-order valence-corrected chi connectivity index (χ4v) is 6.30. The Bertz CT molecular complexity index is 1220. The number of anilines is 1. The third-order valence-corrected chi connectivity index (χ3v) is 7.78. The molecule has 184 valence electrons. The van der Waals surface area contributed by atoms with Crippen molar-refractivity contribution in [2.45, 2.75) is 19.4 Å². The van der Waals surface area contributed by atoms with Crippen molar-refractivity contribution in [2.75, 3.05) is 12.4 Å². The van der Waals surface area contributed by atoms with Crippen LogP contribution in [-0.2, 0) is 16.0 Å². The van der Waals surface area contributed by atoms with Gasteiger partial charge >= 0.3 is 0 Å². The zero-order valence-electron chi connectivity index (χ0n) is 18.7. The van der Waals surface area contributed by atoms with E-state index in [4.69, 9.17) is 10.5 Å². The van der Waals surface area contributed by atoms with Crippen LogP contribution in [0.1, 0.15) is 22.7 Å². The number of benzene rings is 3. The largest absolute Gasteiger partial charge is 0.506 e. The summed E-state index contributed by atoms with van der Waals surface area (Å²) in [6, 6.07) is 13.1. The van der Waals surface area contributed by atoms with Crippen LogP contribution in [0, 0.1) is 12.8 Å². The highest BCUT2D eigenvalue weighted by Gasteiger charge is 2.32. The zero-order chi connectivity index (χ0) is 25.9. The van der Waals surface area contributed by atoms with Gasteiger partial charge in [0.25, 0.3) is 0 Å². The molecular weight excluding hydrogens is 712 g/mol. The molecule has 0 radical (unpaired) electrons. The van der Waals surface area contributed by atoms with Crippen molar-refractivity contribution in [3.63, 3.8) is 0 Å². The number of nitrogens with two attached hydrogens (primary N) is 1. The van der Waals surface area contributed by atoms with Gasteiger partial charge in [-0.15, -0.1) is 0 Å². The van der Waals surface area contributed by atoms with E-state index >= 15 is 0 Å². The van der Waals surface area contributed by atoms with Gasteiger partial charge in [0.15, 0.2) is 5.78 Å². The van der Waals surface area contributed by atoms with Gasteiger partial charge in [0, 0.05) is 5.69 Å². The van der Waals surface area contributed by atoms with E-state index in [1.54, 1.807) is 31.4 Å². The third kappa shape index (κ3) is 6.74. The molecule has 0 saturated carbocycles. The molecule has 0 spiro atoms. The standard InChI is InChI=1S/C25H22Br4N2O4/c1-12-3-5-14(6-4-12)21(30)22(32)16(7-13-8-19(28)24(35-2)20(29)9-13)25(34)31-15-10-17(26)23(33)18(27)11-15/h3-6,8-11,16,21,33H,7,30H2,1-2H3,(H,31,34)/t16-,21?/m1/s1. The van der Waals surface area contributed by atoms with E-state index in [1.807, 2.05) is 31.2 Å². The van der Waals surface area contributed by atoms with Gasteiger partial charge in [0.05, 0.1) is 31.0 Å². The average Bonchev–Trinajstić information content (AvgIpc) is 2.80. The fraction of sp³-hybridized carbons (Fsp3) is 0.200. The number of phenolic OH excluding ortho intramolecular Hbond substituents is 1. The number of ether oxygens (including phenoxy) is 1. The molecule has 0 heterocycles. The summed E-state index contributed by atoms with van der Waals surface area (Å²) in [5.41, 5.74) is 9.15. The van der Waals surface area contributed by atoms with E-state index in [1.165, 1.54) is 0 Å². The highest BCUT2D eigenvalue weighted by atomic mass is 79.9. The lowest BCUT2D eigenvalue weighted by molar-refractivity contribution is -0.132. The normalized spacial score (nSPS) is 12.7. The maximum Gasteiger partial charge on any atom is 0.235 e. The molecule has 2 atom stereocenters. The summed E-state index contributed by atoms with van der Waals surface area (Å²) in [5.74, 6) is -1.39. The number of carbonyl (C=O) groups is 2. The lowest BCUT2D eigenvalue weighted by Gasteiger charge is -2.21. The molecule has 0 fully saturated rings. The first-order valence-corrected chi connectivity index (χ1v) is 13.6. The van der Waals surface area contributed by atoms with Crippen molar-refractivity contribution in [1.82, 2.24) is 0 Å². The van der Waals surface area contributed by atoms with Crippen molar-refractivity contribution >= 4 is 81.1 Å². The summed E-state index contributed by atoms with van der Waals surface area (Å²) in [7, 11) is 1.55. The molecule has 1 amide bonds. The molecule has 35 heavy (non-hydrogen) atoms. The number of hydrogen-bond acceptors (Lipinski definition) is 5. The highest BCUT2D eigenvalue weighted by molar-refractivity contribution is 9.11. The Kier molecular flexibility index (Phi) is 9.56. The Morgan fingerprint density at radius 1 is 0.971 bits per heavy atom. The summed E-state index contributed by atoms with van der Waals surface area (Å²) in [6.07, 6.45) is 0.117. The molecule has 3 rings (SSSR count). The topological polar surface area (TPSA) is 102 Å². The molecule has 10 heteroatoms. The minimum atomic E-state index is -1.08. The second kappa shape index (κ2) is 12.0. The molecule has 6 nitrogen and oxygen atoms in total. The predicted molar refractivity (Wildman–Crippen MR) is 151 cm³/mol. The van der Waals surface area contributed by atoms with Gasteiger partial charge in [-0.25, -0.2) is 0 Å². The quantitative estimate of drug-likeness (QED) is 0.174. The number of aryl methyl sites for hydroxylation is 1. The van der Waals surface area contributed by atoms with E-state index in [-0.39, 0.29) is 12.2 Å². The summed E-state index contributed by atoms with van der Waals surface area (Å²) < 4.78 is 7.51. The van der Waals surface area contributed by atoms with E-state index < -0.39 is 23.7 Å². The van der Waals surface area contributed by atoms with Gasteiger partial charge < -0.3 is 20.9 Å². The second-order valence-electron chi connectivity index (χ2n) is 7.92. The SMILES string of the molecule is COc1c(Br)cc(C[C@@H](C(=O)Nc2cc(Br)c(O)c(Br)c2)C(=O)C(N)c2ccc(C)cc2)cc1Br. The molecule has 3 aromatic carbocycles. The first kappa shape index (κ1) is 27.9. The van der Waals surface area contributed by atoms with Crippen molar-refractivity contribution in [2.24, 2.45) is 11.7 Å². The van der Waals surface area contributed by atoms with Gasteiger partial charge in [-0.05, 0) is 112 Å². The van der Waals surface area contributed by atoms with Crippen LogP contribution >= 0.6 is 63.7 Å². The molecule has 0 aliphatic rings. The van der Waals surface area contributed by atoms with Crippen molar-refractivity contribution < 1.29 is 19.4 Å². The lowest BCUT2D eigenvalue weighted by Crippen LogP contribution is -2.37. The molecule has 0 aromatic heterocycles. The average molecular weight is 734 g/mol. The summed E-state index contributed by atoms with van der Waals surface area (Å²) >= 11 is 13.5. The first-order valence-electron chi connectivity index (χ1n) is 10.4. The second-order valence-corrected chi connectivity index (χ2v) is 11.3. The van der Waals surface area contributed by atoms with Crippen LogP contribution < -0.4 is 15.8 Å². The number of amides is 1. The molecule has 0 aliphatic heterocycles. The van der Waals surface area contributed by atoms with Gasteiger partial charge in [-0.3, -0.25) is 9.59 Å². The number of hydrogen-bond donors (Lipinski definition) is 3. The van der Waals surface area contributed by atoms with Crippen LogP contribution in [0.2, 0.25) is 0 Å². The summed E-state index contributed by atoms with van der Waals surface area (Å²) in [5, 5.41) is 12.8. The Morgan fingerprint density at radius 2 is 1.51 bits per heavy atom. The Labute approximate surface area is 237 Å². The van der Waals surface area contributed by atoms with Gasteiger partial charge in [-0.2, -0.15) is 0 Å². The van der Waals surface area contributed by atoms with Gasteiger partial charge in [-0.1, -0.05) is 29.8 Å². The van der Waals surface area contributed by atoms with E-state index in [2.05, 4.69) is 69.0 Å². The van der Waals surface area contributed by atoms with Gasteiger partial charge in [0.1, 0.15) is 17.4 Å². The third-order valence-electron chi connectivity index (χ3n) is 5.39. The van der Waals surface area contributed by atoms with Crippen LogP contribution in [0.25, 0.3) is 0 Å². The highest BCUT2D eigenvalue weighted by Crippen LogP contribution is 2.37. The summed E-state index contributed by atoms with van der Waals surface area (Å²) in [4.78, 5) is 27.0. The molecular formula is C25H22Br4N2O4. The number of aromatic hydroxyl groups is 1. The van der Waals surface area contributed by atoms with Crippen LogP contribution in [-0.4, -0.2) is 23.9 Å². The van der Waals surface area contributed by atoms with E-state index in [9.17, 15) is 14.7 Å². The minimum absolute atomic E-state index is 0.00459. The van der Waals surface area contributed by atoms with Crippen LogP contribution in [0.3, 0.4) is 0 Å². The smallest absolute Gasteiger partial charge is 0.235 e. The van der Waals surface area contributed by atoms with Crippen LogP contribution in [0.5, 0.6) is 11.5 Å². The number of halogens is 4. The molecule has 0 saturated heterocycles. The van der Waals surface area contributed by atoms with Crippen molar-refractivity contribution in [3.8, 4) is 11.5 Å². The van der Waals surface area contributed by atoms with Crippen LogP contribution in [0.15, 0.2) is 66.4 Å². The number of methoxy groups -OCH3 is 1. The monoisotopic (exact) mass is 730 g/mol. The maximum atomic E-state index is 13.6. The number of Topliss-reactive ketones (excluding diaryl/α,β-unsaturated/α-hetero) is 1. The molecule has 0 aliphatic carbocycles. The summed E-state index contributed by atoms with van der Waals surface area (Å²) in [6.45, 7) is 1.95. The van der Waals surface area contributed by atoms with Crippen molar-refractivity contribution in [1.29, 1.82) is 0 Å². The van der Waals surface area contributed by atoms with Crippen LogP contribution in [0.4, 0.5) is 5.69 Å². The van der Waals surface area contributed by atoms with Crippen molar-refractivity contribution in [3.05, 3.63) is 83.1 Å². The molecule has 0 bridgehead atoms. The van der Waals surface area contributed by atoms with E-state index in [0.29, 0.717) is 34.9 Å². The zero-order valence-corrected chi connectivity index (χ0v) is 25.1. The number of carbonyl (C=O) groups excluding carboxylic acids is 2. The Morgan fingerprint density at radius 3 is 2.03 bits per heavy atom. The lowest BCUT2D eigenvalue weighted by atomic mass is 9.88. The number of ketones is 1. The number of rotatable bonds is 8. The van der Waals surface area contributed by atoms with E-state index in [0.717, 1.165) is 11.1 Å². The first-order chi connectivity index (χ1) is 16.5.